The van der Waals surface area contributed by atoms with Crippen molar-refractivity contribution in [2.45, 2.75) is 0 Å². The van der Waals surface area contributed by atoms with Gasteiger partial charge < -0.3 is 15.4 Å². The Labute approximate surface area is 140 Å². The Morgan fingerprint density at radius 3 is 2.32 bits per heavy atom. The van der Waals surface area contributed by atoms with E-state index in [1.54, 1.807) is 36.4 Å². The number of amides is 2. The van der Waals surface area contributed by atoms with Gasteiger partial charge in [0.1, 0.15) is 5.75 Å². The van der Waals surface area contributed by atoms with Crippen LogP contribution in [-0.2, 0) is 9.59 Å². The van der Waals surface area contributed by atoms with Gasteiger partial charge >= 0.3 is 11.8 Å². The molecule has 0 aliphatic heterocycles. The van der Waals surface area contributed by atoms with Gasteiger partial charge in [0.25, 0.3) is 0 Å². The van der Waals surface area contributed by atoms with E-state index in [1.165, 1.54) is 13.2 Å². The Bertz CT molecular complexity index is 704. The molecule has 2 rings (SSSR count). The average Bonchev–Trinajstić information content (AvgIpc) is 2.49. The van der Waals surface area contributed by atoms with Crippen molar-refractivity contribution >= 4 is 50.7 Å². The number of carbonyl (C=O) groups excluding carboxylic acids is 2. The Morgan fingerprint density at radius 2 is 1.68 bits per heavy atom. The highest BCUT2D eigenvalue weighted by Gasteiger charge is 2.16. The number of ether oxygens (including phenoxy) is 1. The Morgan fingerprint density at radius 1 is 1.05 bits per heavy atom. The maximum atomic E-state index is 11.9. The molecule has 5 nitrogen and oxygen atoms in total. The number of halogens is 2. The first-order chi connectivity index (χ1) is 10.5. The second-order valence-electron chi connectivity index (χ2n) is 4.26. The van der Waals surface area contributed by atoms with Crippen LogP contribution in [0.15, 0.2) is 46.9 Å². The number of hydrogen-bond donors (Lipinski definition) is 2. The molecule has 0 aliphatic carbocycles. The molecule has 2 aromatic rings. The molecule has 0 unspecified atom stereocenters. The number of benzene rings is 2. The van der Waals surface area contributed by atoms with Crippen molar-refractivity contribution in [3.8, 4) is 5.75 Å². The zero-order chi connectivity index (χ0) is 16.1. The summed E-state index contributed by atoms with van der Waals surface area (Å²) in [5, 5.41) is 5.38. The molecule has 0 heterocycles. The van der Waals surface area contributed by atoms with Crippen LogP contribution in [0.3, 0.4) is 0 Å². The molecular weight excluding hydrogens is 372 g/mol. The van der Waals surface area contributed by atoms with Crippen molar-refractivity contribution in [3.63, 3.8) is 0 Å². The minimum Gasteiger partial charge on any atom is -0.495 e. The maximum absolute atomic E-state index is 11.9. The van der Waals surface area contributed by atoms with E-state index in [9.17, 15) is 9.59 Å². The van der Waals surface area contributed by atoms with Crippen molar-refractivity contribution in [1.29, 1.82) is 0 Å². The zero-order valence-corrected chi connectivity index (χ0v) is 13.9. The summed E-state index contributed by atoms with van der Waals surface area (Å²) in [6, 6.07) is 11.6. The summed E-state index contributed by atoms with van der Waals surface area (Å²) < 4.78 is 5.98. The van der Waals surface area contributed by atoms with Gasteiger partial charge in [-0.2, -0.15) is 0 Å². The zero-order valence-electron chi connectivity index (χ0n) is 11.5. The minimum atomic E-state index is -0.816. The van der Waals surface area contributed by atoms with Gasteiger partial charge in [-0.1, -0.05) is 27.5 Å². The summed E-state index contributed by atoms with van der Waals surface area (Å²) in [5.74, 6) is -1.19. The third-order valence-electron chi connectivity index (χ3n) is 2.72. The smallest absolute Gasteiger partial charge is 0.314 e. The SMILES string of the molecule is COc1ccc(Cl)cc1NC(=O)C(=O)Nc1ccc(Br)cc1. The topological polar surface area (TPSA) is 67.4 Å². The van der Waals surface area contributed by atoms with Crippen molar-refractivity contribution < 1.29 is 14.3 Å². The lowest BCUT2D eigenvalue weighted by Gasteiger charge is -2.10. The van der Waals surface area contributed by atoms with E-state index in [-0.39, 0.29) is 0 Å². The summed E-state index contributed by atoms with van der Waals surface area (Å²) in [4.78, 5) is 23.8. The Kier molecular flexibility index (Phi) is 5.41. The summed E-state index contributed by atoms with van der Waals surface area (Å²) in [7, 11) is 1.46. The number of nitrogens with one attached hydrogen (secondary N) is 2. The van der Waals surface area contributed by atoms with Crippen molar-refractivity contribution in [2.24, 2.45) is 0 Å². The first kappa shape index (κ1) is 16.3. The van der Waals surface area contributed by atoms with Crippen molar-refractivity contribution in [1.82, 2.24) is 0 Å². The van der Waals surface area contributed by atoms with E-state index in [0.29, 0.717) is 22.1 Å². The second kappa shape index (κ2) is 7.29. The molecule has 22 heavy (non-hydrogen) atoms. The predicted molar refractivity (Wildman–Crippen MR) is 89.4 cm³/mol. The van der Waals surface area contributed by atoms with Crippen molar-refractivity contribution in [3.05, 3.63) is 52.0 Å². The van der Waals surface area contributed by atoms with E-state index >= 15 is 0 Å². The second-order valence-corrected chi connectivity index (χ2v) is 5.61. The summed E-state index contributed by atoms with van der Waals surface area (Å²) in [6.45, 7) is 0. The lowest BCUT2D eigenvalue weighted by atomic mass is 10.3. The van der Waals surface area contributed by atoms with Gasteiger partial charge in [-0.3, -0.25) is 9.59 Å². The molecule has 0 saturated heterocycles. The number of methoxy groups -OCH3 is 1. The lowest BCUT2D eigenvalue weighted by Crippen LogP contribution is -2.29. The van der Waals surface area contributed by atoms with Gasteiger partial charge in [-0.15, -0.1) is 0 Å². The standard InChI is InChI=1S/C15H12BrClN2O3/c1-22-13-7-4-10(17)8-12(13)19-15(21)14(20)18-11-5-2-9(16)3-6-11/h2-8H,1H3,(H,18,20)(H,19,21). The maximum Gasteiger partial charge on any atom is 0.314 e. The largest absolute Gasteiger partial charge is 0.495 e. The van der Waals surface area contributed by atoms with Crippen LogP contribution in [0.1, 0.15) is 0 Å². The quantitative estimate of drug-likeness (QED) is 0.794. The monoisotopic (exact) mass is 382 g/mol. The first-order valence-corrected chi connectivity index (χ1v) is 7.38. The summed E-state index contributed by atoms with van der Waals surface area (Å²) in [5.41, 5.74) is 0.840. The molecule has 0 aromatic heterocycles. The van der Waals surface area contributed by atoms with Crippen LogP contribution in [0.5, 0.6) is 5.75 Å². The molecule has 0 saturated carbocycles. The normalized spacial score (nSPS) is 9.95. The van der Waals surface area contributed by atoms with Crippen molar-refractivity contribution in [2.75, 3.05) is 17.7 Å². The third-order valence-corrected chi connectivity index (χ3v) is 3.48. The summed E-state index contributed by atoms with van der Waals surface area (Å²) in [6.07, 6.45) is 0. The molecule has 0 bridgehead atoms. The molecular formula is C15H12BrClN2O3. The molecule has 114 valence electrons. The van der Waals surface area contributed by atoms with E-state index in [1.807, 2.05) is 0 Å². The third kappa shape index (κ3) is 4.22. The molecule has 2 aromatic carbocycles. The highest BCUT2D eigenvalue weighted by molar-refractivity contribution is 9.10. The van der Waals surface area contributed by atoms with Crippen LogP contribution < -0.4 is 15.4 Å². The van der Waals surface area contributed by atoms with E-state index in [2.05, 4.69) is 26.6 Å². The summed E-state index contributed by atoms with van der Waals surface area (Å²) >= 11 is 9.16. The predicted octanol–water partition coefficient (Wildman–Crippen LogP) is 3.69. The highest BCUT2D eigenvalue weighted by atomic mass is 79.9. The molecule has 0 aliphatic rings. The van der Waals surface area contributed by atoms with Crippen LogP contribution in [0, 0.1) is 0 Å². The van der Waals surface area contributed by atoms with Gasteiger partial charge in [0, 0.05) is 15.2 Å². The van der Waals surface area contributed by atoms with Crippen LogP contribution in [0.2, 0.25) is 5.02 Å². The van der Waals surface area contributed by atoms with Gasteiger partial charge in [0.05, 0.1) is 12.8 Å². The van der Waals surface area contributed by atoms with Gasteiger partial charge in [-0.05, 0) is 42.5 Å². The molecule has 0 radical (unpaired) electrons. The molecule has 0 spiro atoms. The number of anilines is 2. The molecule has 0 fully saturated rings. The van der Waals surface area contributed by atoms with Crippen LogP contribution >= 0.6 is 27.5 Å². The first-order valence-electron chi connectivity index (χ1n) is 6.21. The fourth-order valence-electron chi connectivity index (χ4n) is 1.68. The Hall–Kier alpha value is -2.05. The number of rotatable bonds is 3. The number of hydrogen-bond acceptors (Lipinski definition) is 3. The number of carbonyl (C=O) groups is 2. The van der Waals surface area contributed by atoms with Gasteiger partial charge in [-0.25, -0.2) is 0 Å². The van der Waals surface area contributed by atoms with Gasteiger partial charge in [0.2, 0.25) is 0 Å². The Balaban J connectivity index is 2.07. The van der Waals surface area contributed by atoms with Crippen LogP contribution in [0.25, 0.3) is 0 Å². The fourth-order valence-corrected chi connectivity index (χ4v) is 2.11. The molecule has 7 heteroatoms. The fraction of sp³-hybridized carbons (Fsp3) is 0.0667. The van der Waals surface area contributed by atoms with E-state index in [4.69, 9.17) is 16.3 Å². The molecule has 2 N–H and O–H groups in total. The average molecular weight is 384 g/mol. The molecule has 2 amide bonds. The minimum absolute atomic E-state index is 0.325. The van der Waals surface area contributed by atoms with Crippen LogP contribution in [0.4, 0.5) is 11.4 Å². The van der Waals surface area contributed by atoms with Crippen LogP contribution in [-0.4, -0.2) is 18.9 Å². The van der Waals surface area contributed by atoms with Gasteiger partial charge in [0.15, 0.2) is 0 Å². The van der Waals surface area contributed by atoms with E-state index < -0.39 is 11.8 Å². The molecule has 0 atom stereocenters. The van der Waals surface area contributed by atoms with E-state index in [0.717, 1.165) is 4.47 Å². The lowest BCUT2D eigenvalue weighted by molar-refractivity contribution is -0.133. The highest BCUT2D eigenvalue weighted by Crippen LogP contribution is 2.27.